The quantitative estimate of drug-likeness (QED) is 0.654. The Morgan fingerprint density at radius 1 is 1.41 bits per heavy atom. The predicted molar refractivity (Wildman–Crippen MR) is 66.4 cm³/mol. The molecule has 6 atom stereocenters. The van der Waals surface area contributed by atoms with Crippen LogP contribution in [0.4, 0.5) is 0 Å². The molecule has 0 heterocycles. The highest BCUT2D eigenvalue weighted by Crippen LogP contribution is 2.74. The first-order chi connectivity index (χ1) is 7.86. The fourth-order valence-electron chi connectivity index (χ4n) is 5.35. The molecule has 2 heteroatoms. The number of carbonyl (C=O) groups excluding carboxylic acids is 1. The molecule has 0 unspecified atom stereocenters. The topological polar surface area (TPSA) is 37.3 Å². The first-order valence-corrected chi connectivity index (χ1v) is 6.77. The van der Waals surface area contributed by atoms with E-state index in [4.69, 9.17) is 0 Å². The molecule has 3 aliphatic rings. The second-order valence-electron chi connectivity index (χ2n) is 6.71. The summed E-state index contributed by atoms with van der Waals surface area (Å²) in [5.74, 6) is 0.633. The summed E-state index contributed by atoms with van der Waals surface area (Å²) in [5, 5.41) is 10.2. The summed E-state index contributed by atoms with van der Waals surface area (Å²) in [6.45, 7) is 10.6. The van der Waals surface area contributed by atoms with E-state index in [0.29, 0.717) is 5.92 Å². The predicted octanol–water partition coefficient (Wildman–Crippen LogP) is 2.56. The molecule has 1 spiro atoms. The molecule has 3 fully saturated rings. The van der Waals surface area contributed by atoms with Crippen molar-refractivity contribution in [1.29, 1.82) is 0 Å². The van der Waals surface area contributed by atoms with Gasteiger partial charge in [-0.25, -0.2) is 0 Å². The van der Waals surface area contributed by atoms with Gasteiger partial charge < -0.3 is 5.11 Å². The zero-order chi connectivity index (χ0) is 12.6. The summed E-state index contributed by atoms with van der Waals surface area (Å²) in [7, 11) is 0. The zero-order valence-corrected chi connectivity index (χ0v) is 11.0. The smallest absolute Gasteiger partial charge is 0.165 e. The van der Waals surface area contributed by atoms with Crippen LogP contribution in [0.5, 0.6) is 0 Å². The van der Waals surface area contributed by atoms with E-state index in [1.807, 2.05) is 13.8 Å². The van der Waals surface area contributed by atoms with Crippen LogP contribution in [0, 0.1) is 28.6 Å². The number of aliphatic hydroxyl groups is 1. The van der Waals surface area contributed by atoms with Crippen molar-refractivity contribution in [1.82, 2.24) is 0 Å². The van der Waals surface area contributed by atoms with E-state index in [1.54, 1.807) is 0 Å². The number of ketones is 1. The van der Waals surface area contributed by atoms with Crippen molar-refractivity contribution in [3.63, 3.8) is 0 Å². The SMILES string of the molecule is C=C1[C@H]2CC[C@@]13[C@@H](C)C(=O)[C@H](O)[C@H](C)[C@@]3(C)C2. The highest BCUT2D eigenvalue weighted by molar-refractivity contribution is 5.88. The van der Waals surface area contributed by atoms with E-state index >= 15 is 0 Å². The molecule has 1 N–H and O–H groups in total. The molecular weight excluding hydrogens is 212 g/mol. The lowest BCUT2D eigenvalue weighted by molar-refractivity contribution is -0.162. The van der Waals surface area contributed by atoms with Crippen LogP contribution < -0.4 is 0 Å². The number of fused-ring (bicyclic) bond motifs is 1. The van der Waals surface area contributed by atoms with Crippen LogP contribution in [0.25, 0.3) is 0 Å². The van der Waals surface area contributed by atoms with Crippen LogP contribution in [-0.4, -0.2) is 17.0 Å². The van der Waals surface area contributed by atoms with Crippen molar-refractivity contribution in [3.8, 4) is 0 Å². The van der Waals surface area contributed by atoms with Gasteiger partial charge in [0.05, 0.1) is 0 Å². The van der Waals surface area contributed by atoms with E-state index in [9.17, 15) is 9.90 Å². The molecule has 3 aliphatic carbocycles. The standard InChI is InChI=1S/C15H22O2/c1-8-11-5-6-15(8)10(3)13(17)12(16)9(2)14(15,4)7-11/h9-12,16H,1,5-7H2,2-4H3/t9-,10-,11-,12+,14+,15-/m0/s1. The number of hydrogen-bond acceptors (Lipinski definition) is 2. The summed E-state index contributed by atoms with van der Waals surface area (Å²) in [6.07, 6.45) is 2.63. The number of Topliss-reactive ketones (excluding diaryl/α,β-unsaturated/α-hetero) is 1. The summed E-state index contributed by atoms with van der Waals surface area (Å²) < 4.78 is 0. The van der Waals surface area contributed by atoms with Crippen molar-refractivity contribution in [2.75, 3.05) is 0 Å². The molecule has 3 saturated carbocycles. The Balaban J connectivity index is 2.19. The number of hydrogen-bond donors (Lipinski definition) is 1. The van der Waals surface area contributed by atoms with Crippen LogP contribution in [0.15, 0.2) is 12.2 Å². The van der Waals surface area contributed by atoms with Gasteiger partial charge in [0.15, 0.2) is 5.78 Å². The third kappa shape index (κ3) is 0.965. The third-order valence-electron chi connectivity index (χ3n) is 6.58. The van der Waals surface area contributed by atoms with Crippen LogP contribution in [0.2, 0.25) is 0 Å². The molecule has 0 aliphatic heterocycles. The van der Waals surface area contributed by atoms with Gasteiger partial charge in [-0.05, 0) is 36.5 Å². The summed E-state index contributed by atoms with van der Waals surface area (Å²) in [4.78, 5) is 12.3. The Morgan fingerprint density at radius 2 is 2.06 bits per heavy atom. The second-order valence-corrected chi connectivity index (χ2v) is 6.71. The Morgan fingerprint density at radius 3 is 2.65 bits per heavy atom. The maximum Gasteiger partial charge on any atom is 0.165 e. The molecule has 94 valence electrons. The highest BCUT2D eigenvalue weighted by Gasteiger charge is 2.70. The van der Waals surface area contributed by atoms with Crippen molar-refractivity contribution < 1.29 is 9.90 Å². The third-order valence-corrected chi connectivity index (χ3v) is 6.58. The molecule has 0 aromatic heterocycles. The molecule has 3 rings (SSSR count). The molecule has 17 heavy (non-hydrogen) atoms. The van der Waals surface area contributed by atoms with Crippen LogP contribution in [0.3, 0.4) is 0 Å². The average molecular weight is 234 g/mol. The maximum atomic E-state index is 12.3. The first kappa shape index (κ1) is 11.5. The Labute approximate surface area is 103 Å². The lowest BCUT2D eigenvalue weighted by Gasteiger charge is -2.56. The molecule has 2 nitrogen and oxygen atoms in total. The molecule has 2 bridgehead atoms. The summed E-state index contributed by atoms with van der Waals surface area (Å²) in [6, 6.07) is 0. The molecule has 0 aromatic rings. The van der Waals surface area contributed by atoms with Gasteiger partial charge in [-0.2, -0.15) is 0 Å². The minimum atomic E-state index is -0.771. The number of carbonyl (C=O) groups is 1. The van der Waals surface area contributed by atoms with Gasteiger partial charge >= 0.3 is 0 Å². The number of aliphatic hydroxyl groups excluding tert-OH is 1. The normalized spacial score (nSPS) is 57.4. The van der Waals surface area contributed by atoms with Crippen molar-refractivity contribution >= 4 is 5.78 Å². The van der Waals surface area contributed by atoms with E-state index in [1.165, 1.54) is 12.0 Å². The van der Waals surface area contributed by atoms with Crippen LogP contribution in [-0.2, 0) is 4.79 Å². The molecular formula is C15H22O2. The van der Waals surface area contributed by atoms with Crippen LogP contribution in [0.1, 0.15) is 40.0 Å². The van der Waals surface area contributed by atoms with Crippen molar-refractivity contribution in [3.05, 3.63) is 12.2 Å². The Hall–Kier alpha value is -0.630. The lowest BCUT2D eigenvalue weighted by Crippen LogP contribution is -2.58. The minimum absolute atomic E-state index is 0.0204. The van der Waals surface area contributed by atoms with Gasteiger partial charge in [0.25, 0.3) is 0 Å². The molecule has 0 aromatic carbocycles. The van der Waals surface area contributed by atoms with Gasteiger partial charge in [-0.1, -0.05) is 32.9 Å². The van der Waals surface area contributed by atoms with Crippen LogP contribution >= 0.6 is 0 Å². The van der Waals surface area contributed by atoms with Gasteiger partial charge in [0.2, 0.25) is 0 Å². The van der Waals surface area contributed by atoms with Gasteiger partial charge in [-0.3, -0.25) is 4.79 Å². The van der Waals surface area contributed by atoms with E-state index in [0.717, 1.165) is 12.8 Å². The number of allylic oxidation sites excluding steroid dienone is 1. The Bertz CT molecular complexity index is 413. The van der Waals surface area contributed by atoms with E-state index < -0.39 is 6.10 Å². The number of rotatable bonds is 0. The molecule has 0 radical (unpaired) electrons. The van der Waals surface area contributed by atoms with E-state index in [2.05, 4.69) is 13.5 Å². The fourth-order valence-corrected chi connectivity index (χ4v) is 5.35. The maximum absolute atomic E-state index is 12.3. The largest absolute Gasteiger partial charge is 0.385 e. The van der Waals surface area contributed by atoms with Gasteiger partial charge in [0, 0.05) is 11.3 Å². The van der Waals surface area contributed by atoms with Gasteiger partial charge in [0.1, 0.15) is 6.10 Å². The second kappa shape index (κ2) is 3.03. The first-order valence-electron chi connectivity index (χ1n) is 6.77. The zero-order valence-electron chi connectivity index (χ0n) is 11.0. The van der Waals surface area contributed by atoms with Gasteiger partial charge in [-0.15, -0.1) is 0 Å². The molecule has 0 saturated heterocycles. The minimum Gasteiger partial charge on any atom is -0.385 e. The highest BCUT2D eigenvalue weighted by atomic mass is 16.3. The molecule has 0 amide bonds. The summed E-state index contributed by atoms with van der Waals surface area (Å²) in [5.41, 5.74) is 1.35. The monoisotopic (exact) mass is 234 g/mol. The van der Waals surface area contributed by atoms with E-state index in [-0.39, 0.29) is 28.4 Å². The lowest BCUT2D eigenvalue weighted by atomic mass is 9.47. The Kier molecular flexibility index (Phi) is 2.04. The van der Waals surface area contributed by atoms with Crippen molar-refractivity contribution in [2.24, 2.45) is 28.6 Å². The van der Waals surface area contributed by atoms with Crippen molar-refractivity contribution in [2.45, 2.75) is 46.1 Å². The fraction of sp³-hybridized carbons (Fsp3) is 0.800. The summed E-state index contributed by atoms with van der Waals surface area (Å²) >= 11 is 0. The average Bonchev–Trinajstić information content (AvgIpc) is 2.74.